The van der Waals surface area contributed by atoms with Crippen LogP contribution in [0, 0.1) is 0 Å². The maximum absolute atomic E-state index is 12.1. The van der Waals surface area contributed by atoms with Crippen molar-refractivity contribution in [2.75, 3.05) is 0 Å². The summed E-state index contributed by atoms with van der Waals surface area (Å²) in [5.74, 6) is -1.36. The molecule has 0 fully saturated rings. The molecule has 0 saturated heterocycles. The number of benzene rings is 1. The third-order valence-electron chi connectivity index (χ3n) is 3.22. The molecule has 0 saturated carbocycles. The summed E-state index contributed by atoms with van der Waals surface area (Å²) < 4.78 is 0. The van der Waals surface area contributed by atoms with E-state index in [1.165, 1.54) is 17.1 Å². The van der Waals surface area contributed by atoms with Gasteiger partial charge in [-0.1, -0.05) is 36.4 Å². The van der Waals surface area contributed by atoms with Gasteiger partial charge in [0.1, 0.15) is 0 Å². The van der Waals surface area contributed by atoms with E-state index in [4.69, 9.17) is 0 Å². The number of rotatable bonds is 1. The Labute approximate surface area is 110 Å². The smallest absolute Gasteiger partial charge is 0.330 e. The summed E-state index contributed by atoms with van der Waals surface area (Å²) in [5.41, 5.74) is 2.39. The molecule has 3 rings (SSSR count). The van der Waals surface area contributed by atoms with Crippen LogP contribution in [0.4, 0.5) is 0 Å². The van der Waals surface area contributed by atoms with Gasteiger partial charge >= 0.3 is 5.97 Å². The second-order valence-corrected chi connectivity index (χ2v) is 4.35. The van der Waals surface area contributed by atoms with E-state index in [1.54, 1.807) is 18.2 Å². The highest BCUT2D eigenvalue weighted by Gasteiger charge is 2.33. The van der Waals surface area contributed by atoms with Gasteiger partial charge in [-0.25, -0.2) is 4.79 Å². The minimum absolute atomic E-state index is 0.320. The fourth-order valence-corrected chi connectivity index (χ4v) is 2.35. The van der Waals surface area contributed by atoms with E-state index < -0.39 is 12.0 Å². The summed E-state index contributed by atoms with van der Waals surface area (Å²) in [7, 11) is 0. The van der Waals surface area contributed by atoms with Crippen LogP contribution in [0.3, 0.4) is 0 Å². The lowest BCUT2D eigenvalue weighted by atomic mass is 10.0. The van der Waals surface area contributed by atoms with Crippen LogP contribution in [0.1, 0.15) is 11.1 Å². The third-order valence-corrected chi connectivity index (χ3v) is 3.22. The van der Waals surface area contributed by atoms with Crippen LogP contribution < -0.4 is 0 Å². The lowest BCUT2D eigenvalue weighted by Gasteiger charge is -2.30. The zero-order chi connectivity index (χ0) is 13.4. The molecule has 0 aliphatic carbocycles. The topological polar surface area (TPSA) is 57.6 Å². The molecular formula is C15H11NO3. The van der Waals surface area contributed by atoms with Crippen molar-refractivity contribution in [3.63, 3.8) is 0 Å². The highest BCUT2D eigenvalue weighted by Crippen LogP contribution is 2.31. The van der Waals surface area contributed by atoms with E-state index in [-0.39, 0.29) is 5.91 Å². The van der Waals surface area contributed by atoms with E-state index in [9.17, 15) is 14.7 Å². The van der Waals surface area contributed by atoms with Gasteiger partial charge in [0.25, 0.3) is 5.91 Å². The first-order valence-corrected chi connectivity index (χ1v) is 5.90. The number of amides is 1. The zero-order valence-corrected chi connectivity index (χ0v) is 9.98. The number of carbonyl (C=O) groups is 2. The van der Waals surface area contributed by atoms with E-state index >= 15 is 0 Å². The summed E-state index contributed by atoms with van der Waals surface area (Å²) in [6.45, 7) is 0. The molecule has 19 heavy (non-hydrogen) atoms. The number of carboxylic acids is 1. The number of fused-ring (bicyclic) bond motifs is 3. The Morgan fingerprint density at radius 2 is 2.00 bits per heavy atom. The standard InChI is InChI=1S/C15H11NO3/c17-14-9-8-10-4-1-2-5-11(10)12-6-3-7-13(15(18)19)16(12)14/h1-9,13H,(H,18,19). The van der Waals surface area contributed by atoms with Crippen molar-refractivity contribution < 1.29 is 14.7 Å². The molecule has 1 aromatic carbocycles. The van der Waals surface area contributed by atoms with Crippen molar-refractivity contribution in [2.45, 2.75) is 6.04 Å². The molecule has 4 nitrogen and oxygen atoms in total. The van der Waals surface area contributed by atoms with Crippen LogP contribution in [0.2, 0.25) is 0 Å². The number of allylic oxidation sites excluding steroid dienone is 2. The molecular weight excluding hydrogens is 242 g/mol. The maximum atomic E-state index is 12.1. The molecule has 94 valence electrons. The Balaban J connectivity index is 2.20. The lowest BCUT2D eigenvalue weighted by molar-refractivity contribution is -0.144. The van der Waals surface area contributed by atoms with Crippen LogP contribution >= 0.6 is 0 Å². The quantitative estimate of drug-likeness (QED) is 0.831. The Morgan fingerprint density at radius 3 is 2.79 bits per heavy atom. The molecule has 0 radical (unpaired) electrons. The van der Waals surface area contributed by atoms with Gasteiger partial charge in [0.05, 0.1) is 5.70 Å². The number of hydrogen-bond donors (Lipinski definition) is 1. The molecule has 1 aromatic rings. The normalized spacial score (nSPS) is 20.4. The molecule has 2 aliphatic heterocycles. The minimum atomic E-state index is -1.04. The van der Waals surface area contributed by atoms with Gasteiger partial charge in [-0.15, -0.1) is 0 Å². The lowest BCUT2D eigenvalue weighted by Crippen LogP contribution is -2.42. The first-order chi connectivity index (χ1) is 9.18. The van der Waals surface area contributed by atoms with Gasteiger partial charge in [-0.3, -0.25) is 9.69 Å². The van der Waals surface area contributed by atoms with Crippen molar-refractivity contribution in [1.82, 2.24) is 4.90 Å². The maximum Gasteiger partial charge on any atom is 0.330 e. The van der Waals surface area contributed by atoms with E-state index in [2.05, 4.69) is 0 Å². The Hall–Kier alpha value is -2.62. The Morgan fingerprint density at radius 1 is 1.21 bits per heavy atom. The summed E-state index contributed by atoms with van der Waals surface area (Å²) in [6, 6.07) is 6.59. The number of nitrogens with zero attached hydrogens (tertiary/aromatic N) is 1. The molecule has 0 aromatic heterocycles. The molecule has 1 amide bonds. The van der Waals surface area contributed by atoms with Crippen LogP contribution in [0.25, 0.3) is 11.8 Å². The number of aliphatic carboxylic acids is 1. The van der Waals surface area contributed by atoms with Crippen LogP contribution in [-0.2, 0) is 9.59 Å². The van der Waals surface area contributed by atoms with Crippen molar-refractivity contribution in [1.29, 1.82) is 0 Å². The van der Waals surface area contributed by atoms with Gasteiger partial charge in [0.15, 0.2) is 6.04 Å². The first-order valence-electron chi connectivity index (χ1n) is 5.90. The summed E-state index contributed by atoms with van der Waals surface area (Å²) >= 11 is 0. The highest BCUT2D eigenvalue weighted by molar-refractivity contribution is 6.04. The van der Waals surface area contributed by atoms with Gasteiger partial charge in [-0.2, -0.15) is 0 Å². The molecule has 1 N–H and O–H groups in total. The SMILES string of the molecule is O=C(O)C1C=CC=C2c3ccccc3C=CC(=O)N21. The molecule has 4 heteroatoms. The molecule has 2 heterocycles. The van der Waals surface area contributed by atoms with Crippen LogP contribution in [0.5, 0.6) is 0 Å². The van der Waals surface area contributed by atoms with Crippen molar-refractivity contribution in [3.8, 4) is 0 Å². The number of hydrogen-bond acceptors (Lipinski definition) is 2. The molecule has 1 unspecified atom stereocenters. The van der Waals surface area contributed by atoms with Gasteiger partial charge in [0, 0.05) is 11.6 Å². The summed E-state index contributed by atoms with van der Waals surface area (Å²) in [4.78, 5) is 24.7. The summed E-state index contributed by atoms with van der Waals surface area (Å²) in [6.07, 6.45) is 8.08. The Bertz CT molecular complexity index is 655. The van der Waals surface area contributed by atoms with Gasteiger partial charge in [0.2, 0.25) is 0 Å². The van der Waals surface area contributed by atoms with Crippen molar-refractivity contribution >= 4 is 23.6 Å². The third kappa shape index (κ3) is 1.78. The zero-order valence-electron chi connectivity index (χ0n) is 9.98. The number of carbonyl (C=O) groups excluding carboxylic acids is 1. The van der Waals surface area contributed by atoms with E-state index in [1.807, 2.05) is 24.3 Å². The molecule has 0 spiro atoms. The predicted octanol–water partition coefficient (Wildman–Crippen LogP) is 1.91. The minimum Gasteiger partial charge on any atom is -0.479 e. The number of carboxylic acid groups (broad SMARTS) is 1. The fraction of sp³-hybridized carbons (Fsp3) is 0.0667. The first kappa shape index (κ1) is 11.5. The van der Waals surface area contributed by atoms with E-state index in [0.717, 1.165) is 11.1 Å². The van der Waals surface area contributed by atoms with Crippen molar-refractivity contribution in [3.05, 3.63) is 59.7 Å². The average molecular weight is 253 g/mol. The Kier molecular flexibility index (Phi) is 2.56. The van der Waals surface area contributed by atoms with Crippen LogP contribution in [-0.4, -0.2) is 27.9 Å². The largest absolute Gasteiger partial charge is 0.479 e. The van der Waals surface area contributed by atoms with Crippen molar-refractivity contribution in [2.24, 2.45) is 0 Å². The fourth-order valence-electron chi connectivity index (χ4n) is 2.35. The summed E-state index contributed by atoms with van der Waals surface area (Å²) in [5, 5.41) is 9.24. The van der Waals surface area contributed by atoms with Gasteiger partial charge < -0.3 is 5.11 Å². The highest BCUT2D eigenvalue weighted by atomic mass is 16.4. The molecule has 1 atom stereocenters. The van der Waals surface area contributed by atoms with Gasteiger partial charge in [-0.05, 0) is 17.7 Å². The average Bonchev–Trinajstić information content (AvgIpc) is 2.57. The van der Waals surface area contributed by atoms with Crippen LogP contribution in [0.15, 0.2) is 48.6 Å². The second kappa shape index (κ2) is 4.24. The second-order valence-electron chi connectivity index (χ2n) is 4.35. The monoisotopic (exact) mass is 253 g/mol. The molecule has 2 aliphatic rings. The predicted molar refractivity (Wildman–Crippen MR) is 70.9 cm³/mol. The van der Waals surface area contributed by atoms with E-state index in [0.29, 0.717) is 5.70 Å². The molecule has 0 bridgehead atoms.